The lowest BCUT2D eigenvalue weighted by Crippen LogP contribution is -2.14. The Hall–Kier alpha value is -4.30. The largest absolute Gasteiger partial charge is 0.490 e. The molecule has 0 radical (unpaired) electrons. The van der Waals surface area contributed by atoms with Gasteiger partial charge >= 0.3 is 0 Å². The van der Waals surface area contributed by atoms with Crippen molar-refractivity contribution in [3.8, 4) is 17.6 Å². The molecule has 1 N–H and O–H groups in total. The van der Waals surface area contributed by atoms with E-state index >= 15 is 0 Å². The third-order valence-electron chi connectivity index (χ3n) is 5.63. The van der Waals surface area contributed by atoms with E-state index in [9.17, 15) is 10.1 Å². The summed E-state index contributed by atoms with van der Waals surface area (Å²) in [7, 11) is 0. The molecular formula is C31H32N2O3. The number of carbonyl (C=O) groups excluding carboxylic acids is 1. The second-order valence-corrected chi connectivity index (χ2v) is 8.65. The third kappa shape index (κ3) is 6.86. The average Bonchev–Trinajstić information content (AvgIpc) is 2.85. The fourth-order valence-corrected chi connectivity index (χ4v) is 3.80. The van der Waals surface area contributed by atoms with E-state index in [4.69, 9.17) is 9.47 Å². The SMILES string of the molecule is C=CCc1cc(/C=C(\C#N)C(=O)Nc2ccc(C)cc2C)cc(OCC)c1OCc1ccc(C)cc1. The summed E-state index contributed by atoms with van der Waals surface area (Å²) in [5, 5.41) is 12.6. The van der Waals surface area contributed by atoms with Crippen LogP contribution in [0.1, 0.15) is 40.3 Å². The quantitative estimate of drug-likeness (QED) is 0.195. The summed E-state index contributed by atoms with van der Waals surface area (Å²) < 4.78 is 12.1. The van der Waals surface area contributed by atoms with E-state index in [2.05, 4.69) is 11.9 Å². The second-order valence-electron chi connectivity index (χ2n) is 8.65. The summed E-state index contributed by atoms with van der Waals surface area (Å²) in [5.74, 6) is 0.724. The van der Waals surface area contributed by atoms with Crippen LogP contribution in [0.15, 0.2) is 72.8 Å². The van der Waals surface area contributed by atoms with Gasteiger partial charge in [-0.05, 0) is 75.1 Å². The van der Waals surface area contributed by atoms with Gasteiger partial charge in [-0.3, -0.25) is 4.79 Å². The van der Waals surface area contributed by atoms with E-state index in [1.165, 1.54) is 5.56 Å². The van der Waals surface area contributed by atoms with Gasteiger partial charge in [0.05, 0.1) is 6.61 Å². The van der Waals surface area contributed by atoms with Gasteiger partial charge in [0.2, 0.25) is 0 Å². The lowest BCUT2D eigenvalue weighted by molar-refractivity contribution is -0.112. The Morgan fingerprint density at radius 2 is 1.75 bits per heavy atom. The summed E-state index contributed by atoms with van der Waals surface area (Å²) in [6.45, 7) is 12.6. The first-order valence-electron chi connectivity index (χ1n) is 11.9. The number of nitrogens with one attached hydrogen (secondary N) is 1. The zero-order valence-electron chi connectivity index (χ0n) is 21.4. The fraction of sp³-hybridized carbons (Fsp3) is 0.226. The number of nitriles is 1. The van der Waals surface area contributed by atoms with Gasteiger partial charge in [-0.25, -0.2) is 0 Å². The van der Waals surface area contributed by atoms with Crippen LogP contribution in [0.3, 0.4) is 0 Å². The highest BCUT2D eigenvalue weighted by atomic mass is 16.5. The number of hydrogen-bond acceptors (Lipinski definition) is 4. The van der Waals surface area contributed by atoms with Crippen molar-refractivity contribution < 1.29 is 14.3 Å². The van der Waals surface area contributed by atoms with Crippen molar-refractivity contribution >= 4 is 17.7 Å². The normalized spacial score (nSPS) is 10.9. The maximum Gasteiger partial charge on any atom is 0.266 e. The molecule has 5 nitrogen and oxygen atoms in total. The number of aryl methyl sites for hydroxylation is 3. The topological polar surface area (TPSA) is 71.4 Å². The summed E-state index contributed by atoms with van der Waals surface area (Å²) in [6, 6.07) is 19.6. The molecular weight excluding hydrogens is 448 g/mol. The number of allylic oxidation sites excluding steroid dienone is 1. The molecule has 5 heteroatoms. The smallest absolute Gasteiger partial charge is 0.266 e. The van der Waals surface area contributed by atoms with E-state index < -0.39 is 5.91 Å². The summed E-state index contributed by atoms with van der Waals surface area (Å²) >= 11 is 0. The van der Waals surface area contributed by atoms with Gasteiger partial charge in [-0.2, -0.15) is 5.26 Å². The number of ether oxygens (including phenoxy) is 2. The summed E-state index contributed by atoms with van der Waals surface area (Å²) in [6.07, 6.45) is 3.90. The molecule has 36 heavy (non-hydrogen) atoms. The van der Waals surface area contributed by atoms with Crippen LogP contribution in [0.2, 0.25) is 0 Å². The van der Waals surface area contributed by atoms with E-state index in [-0.39, 0.29) is 5.57 Å². The van der Waals surface area contributed by atoms with Crippen LogP contribution < -0.4 is 14.8 Å². The Balaban J connectivity index is 1.93. The van der Waals surface area contributed by atoms with Crippen LogP contribution in [0.5, 0.6) is 11.5 Å². The highest BCUT2D eigenvalue weighted by Crippen LogP contribution is 2.35. The summed E-state index contributed by atoms with van der Waals surface area (Å²) in [5.41, 5.74) is 6.47. The van der Waals surface area contributed by atoms with Gasteiger partial charge in [0.15, 0.2) is 11.5 Å². The number of amides is 1. The standard InChI is InChI=1S/C31H32N2O3/c1-6-8-26-16-25(17-27(19-32)31(34)33-28-14-11-22(4)15-23(28)5)18-29(35-7-2)30(26)36-20-24-12-9-21(3)10-13-24/h6,9-18H,1,7-8,20H2,2-5H3,(H,33,34)/b27-17+. The molecule has 0 atom stereocenters. The van der Waals surface area contributed by atoms with Gasteiger partial charge in [0, 0.05) is 11.3 Å². The van der Waals surface area contributed by atoms with Crippen LogP contribution in [0.25, 0.3) is 6.08 Å². The molecule has 0 aliphatic heterocycles. The Kier molecular flexibility index (Phi) is 9.07. The fourth-order valence-electron chi connectivity index (χ4n) is 3.80. The van der Waals surface area contributed by atoms with E-state index in [0.29, 0.717) is 42.4 Å². The Morgan fingerprint density at radius 1 is 1.03 bits per heavy atom. The zero-order chi connectivity index (χ0) is 26.1. The molecule has 0 aliphatic carbocycles. The second kappa shape index (κ2) is 12.4. The van der Waals surface area contributed by atoms with E-state index in [1.54, 1.807) is 18.2 Å². The lowest BCUT2D eigenvalue weighted by atomic mass is 10.0. The molecule has 184 valence electrons. The molecule has 0 saturated heterocycles. The first-order chi connectivity index (χ1) is 17.3. The molecule has 0 aliphatic rings. The van der Waals surface area contributed by atoms with Crippen LogP contribution in [0, 0.1) is 32.1 Å². The number of benzene rings is 3. The minimum Gasteiger partial charge on any atom is -0.490 e. The molecule has 0 aromatic heterocycles. The van der Waals surface area contributed by atoms with Gasteiger partial charge in [-0.1, -0.05) is 53.6 Å². The minimum atomic E-state index is -0.465. The minimum absolute atomic E-state index is 0.00435. The van der Waals surface area contributed by atoms with Crippen LogP contribution in [-0.4, -0.2) is 12.5 Å². The predicted molar refractivity (Wildman–Crippen MR) is 145 cm³/mol. The average molecular weight is 481 g/mol. The van der Waals surface area contributed by atoms with E-state index in [1.807, 2.05) is 82.3 Å². The first kappa shape index (κ1) is 26.3. The van der Waals surface area contributed by atoms with Crippen LogP contribution in [0.4, 0.5) is 5.69 Å². The van der Waals surface area contributed by atoms with Gasteiger partial charge in [-0.15, -0.1) is 6.58 Å². The Morgan fingerprint density at radius 3 is 2.39 bits per heavy atom. The van der Waals surface area contributed by atoms with Crippen molar-refractivity contribution in [3.63, 3.8) is 0 Å². The Bertz CT molecular complexity index is 1310. The molecule has 0 heterocycles. The van der Waals surface area contributed by atoms with E-state index in [0.717, 1.165) is 22.3 Å². The molecule has 0 unspecified atom stereocenters. The molecule has 3 rings (SSSR count). The van der Waals surface area contributed by atoms with Gasteiger partial charge in [0.1, 0.15) is 18.2 Å². The highest BCUT2D eigenvalue weighted by Gasteiger charge is 2.16. The molecule has 1 amide bonds. The molecule has 0 spiro atoms. The maximum atomic E-state index is 12.9. The molecule has 0 saturated carbocycles. The van der Waals surface area contributed by atoms with Crippen molar-refractivity contribution in [1.29, 1.82) is 5.26 Å². The van der Waals surface area contributed by atoms with Crippen LogP contribution in [-0.2, 0) is 17.8 Å². The number of carbonyl (C=O) groups is 1. The molecule has 0 fully saturated rings. The molecule has 3 aromatic rings. The molecule has 3 aromatic carbocycles. The van der Waals surface area contributed by atoms with Crippen molar-refractivity contribution in [2.24, 2.45) is 0 Å². The number of rotatable bonds is 10. The van der Waals surface area contributed by atoms with Crippen molar-refractivity contribution in [3.05, 3.63) is 106 Å². The van der Waals surface area contributed by atoms with Gasteiger partial charge < -0.3 is 14.8 Å². The van der Waals surface area contributed by atoms with Crippen LogP contribution >= 0.6 is 0 Å². The first-order valence-corrected chi connectivity index (χ1v) is 11.9. The number of nitrogens with zero attached hydrogens (tertiary/aromatic N) is 1. The maximum absolute atomic E-state index is 12.9. The van der Waals surface area contributed by atoms with Crippen molar-refractivity contribution in [2.45, 2.75) is 40.7 Å². The third-order valence-corrected chi connectivity index (χ3v) is 5.63. The van der Waals surface area contributed by atoms with Crippen molar-refractivity contribution in [1.82, 2.24) is 0 Å². The summed E-state index contributed by atoms with van der Waals surface area (Å²) in [4.78, 5) is 12.9. The number of hydrogen-bond donors (Lipinski definition) is 1. The van der Waals surface area contributed by atoms with Crippen molar-refractivity contribution in [2.75, 3.05) is 11.9 Å². The molecule has 0 bridgehead atoms. The zero-order valence-corrected chi connectivity index (χ0v) is 21.4. The van der Waals surface area contributed by atoms with Gasteiger partial charge in [0.25, 0.3) is 5.91 Å². The number of anilines is 1. The monoisotopic (exact) mass is 480 g/mol. The predicted octanol–water partition coefficient (Wildman–Crippen LogP) is 6.86. The Labute approximate surface area is 213 Å². The lowest BCUT2D eigenvalue weighted by Gasteiger charge is -2.17. The highest BCUT2D eigenvalue weighted by molar-refractivity contribution is 6.10.